The number of hydrogen-bond acceptors (Lipinski definition) is 5. The summed E-state index contributed by atoms with van der Waals surface area (Å²) in [5.74, 6) is 0.827. The molecule has 1 heterocycles. The quantitative estimate of drug-likeness (QED) is 0.608. The number of anilines is 1. The van der Waals surface area contributed by atoms with E-state index in [0.29, 0.717) is 23.6 Å². The van der Waals surface area contributed by atoms with Gasteiger partial charge in [-0.1, -0.05) is 60.7 Å². The fraction of sp³-hybridized carbons (Fsp3) is 0.167. The summed E-state index contributed by atoms with van der Waals surface area (Å²) < 4.78 is 15.9. The van der Waals surface area contributed by atoms with Crippen LogP contribution in [0, 0.1) is 0 Å². The molecule has 1 unspecified atom stereocenters. The van der Waals surface area contributed by atoms with E-state index in [1.807, 2.05) is 60.7 Å². The molecule has 0 fully saturated rings. The van der Waals surface area contributed by atoms with Crippen molar-refractivity contribution in [3.8, 4) is 11.5 Å². The van der Waals surface area contributed by atoms with Crippen LogP contribution in [0.5, 0.6) is 11.5 Å². The normalized spacial score (nSPS) is 12.6. The molecule has 0 aliphatic carbocycles. The molecule has 158 valence electrons. The molecule has 0 spiro atoms. The smallest absolute Gasteiger partial charge is 0.408 e. The lowest BCUT2D eigenvalue weighted by molar-refractivity contribution is -0.118. The number of alkyl carbamates (subject to hydrolysis) is 1. The van der Waals surface area contributed by atoms with E-state index in [1.54, 1.807) is 18.2 Å². The fourth-order valence-corrected chi connectivity index (χ4v) is 3.17. The van der Waals surface area contributed by atoms with Gasteiger partial charge in [0, 0.05) is 18.2 Å². The van der Waals surface area contributed by atoms with E-state index >= 15 is 0 Å². The van der Waals surface area contributed by atoms with Crippen LogP contribution in [-0.4, -0.2) is 24.8 Å². The van der Waals surface area contributed by atoms with Crippen LogP contribution in [0.4, 0.5) is 10.5 Å². The monoisotopic (exact) mass is 418 g/mol. The largest absolute Gasteiger partial charge is 0.454 e. The van der Waals surface area contributed by atoms with E-state index in [2.05, 4.69) is 10.6 Å². The summed E-state index contributed by atoms with van der Waals surface area (Å²) in [5, 5.41) is 5.51. The Morgan fingerprint density at radius 3 is 2.29 bits per heavy atom. The minimum atomic E-state index is -0.823. The van der Waals surface area contributed by atoms with Gasteiger partial charge in [-0.25, -0.2) is 4.79 Å². The minimum Gasteiger partial charge on any atom is -0.454 e. The molecule has 0 saturated carbocycles. The molecule has 7 heteroatoms. The molecule has 3 aromatic carbocycles. The Labute approximate surface area is 179 Å². The molecule has 2 N–H and O–H groups in total. The average molecular weight is 418 g/mol. The van der Waals surface area contributed by atoms with Crippen molar-refractivity contribution in [2.75, 3.05) is 12.1 Å². The second kappa shape index (κ2) is 9.67. The Bertz CT molecular complexity index is 1040. The van der Waals surface area contributed by atoms with Gasteiger partial charge in [-0.05, 0) is 23.3 Å². The van der Waals surface area contributed by atoms with Crippen LogP contribution in [0.2, 0.25) is 0 Å². The van der Waals surface area contributed by atoms with Crippen LogP contribution in [0.3, 0.4) is 0 Å². The number of benzene rings is 3. The molecule has 2 amide bonds. The van der Waals surface area contributed by atoms with Crippen LogP contribution in [-0.2, 0) is 22.6 Å². The number of rotatable bonds is 7. The zero-order valence-electron chi connectivity index (χ0n) is 16.7. The molecule has 1 atom stereocenters. The van der Waals surface area contributed by atoms with Gasteiger partial charge in [0.15, 0.2) is 11.5 Å². The third-order valence-corrected chi connectivity index (χ3v) is 4.74. The summed E-state index contributed by atoms with van der Waals surface area (Å²) in [6.45, 7) is 0.271. The number of fused-ring (bicyclic) bond motifs is 1. The van der Waals surface area contributed by atoms with Crippen LogP contribution < -0.4 is 20.1 Å². The zero-order valence-corrected chi connectivity index (χ0v) is 16.7. The molecule has 0 bridgehead atoms. The van der Waals surface area contributed by atoms with Gasteiger partial charge >= 0.3 is 6.09 Å². The van der Waals surface area contributed by atoms with Crippen molar-refractivity contribution in [2.45, 2.75) is 19.1 Å². The van der Waals surface area contributed by atoms with Crippen molar-refractivity contribution in [1.29, 1.82) is 0 Å². The predicted molar refractivity (Wildman–Crippen MR) is 115 cm³/mol. The van der Waals surface area contributed by atoms with E-state index in [1.165, 1.54) is 0 Å². The second-order valence-electron chi connectivity index (χ2n) is 7.01. The first kappa shape index (κ1) is 20.3. The number of carbonyl (C=O) groups is 2. The SMILES string of the molecule is O=C(NC(Cc1ccccc1)C(=O)Nc1ccc2c(c1)OCO2)OCc1ccccc1. The summed E-state index contributed by atoms with van der Waals surface area (Å²) in [6, 6.07) is 23.1. The summed E-state index contributed by atoms with van der Waals surface area (Å²) >= 11 is 0. The Kier molecular flexibility index (Phi) is 6.32. The Morgan fingerprint density at radius 1 is 0.871 bits per heavy atom. The molecule has 1 aliphatic heterocycles. The molecule has 0 aromatic heterocycles. The van der Waals surface area contributed by atoms with E-state index in [-0.39, 0.29) is 19.3 Å². The first-order chi connectivity index (χ1) is 15.2. The highest BCUT2D eigenvalue weighted by atomic mass is 16.7. The molecule has 31 heavy (non-hydrogen) atoms. The third kappa shape index (κ3) is 5.54. The summed E-state index contributed by atoms with van der Waals surface area (Å²) in [5.41, 5.74) is 2.32. The van der Waals surface area contributed by atoms with Crippen molar-refractivity contribution in [1.82, 2.24) is 5.32 Å². The fourth-order valence-electron chi connectivity index (χ4n) is 3.17. The van der Waals surface area contributed by atoms with Gasteiger partial charge in [0.25, 0.3) is 0 Å². The highest BCUT2D eigenvalue weighted by Gasteiger charge is 2.23. The molecular weight excluding hydrogens is 396 g/mol. The number of nitrogens with one attached hydrogen (secondary N) is 2. The number of amides is 2. The molecule has 3 aromatic rings. The van der Waals surface area contributed by atoms with Crippen LogP contribution >= 0.6 is 0 Å². The van der Waals surface area contributed by atoms with Crippen molar-refractivity contribution >= 4 is 17.7 Å². The highest BCUT2D eigenvalue weighted by Crippen LogP contribution is 2.34. The van der Waals surface area contributed by atoms with Crippen LogP contribution in [0.15, 0.2) is 78.9 Å². The molecule has 0 saturated heterocycles. The van der Waals surface area contributed by atoms with Gasteiger partial charge in [-0.15, -0.1) is 0 Å². The molecule has 0 radical (unpaired) electrons. The van der Waals surface area contributed by atoms with E-state index in [0.717, 1.165) is 11.1 Å². The second-order valence-corrected chi connectivity index (χ2v) is 7.01. The molecule has 4 rings (SSSR count). The molecule has 1 aliphatic rings. The zero-order chi connectivity index (χ0) is 21.5. The first-order valence-corrected chi connectivity index (χ1v) is 9.89. The number of ether oxygens (including phenoxy) is 3. The average Bonchev–Trinajstić information content (AvgIpc) is 3.26. The standard InChI is InChI=1S/C24H22N2O5/c27-23(25-19-11-12-21-22(14-19)31-16-30-21)20(13-17-7-3-1-4-8-17)26-24(28)29-15-18-9-5-2-6-10-18/h1-12,14,20H,13,15-16H2,(H,25,27)(H,26,28). The van der Waals surface area contributed by atoms with Gasteiger partial charge in [0.1, 0.15) is 12.6 Å². The van der Waals surface area contributed by atoms with Gasteiger partial charge in [0.2, 0.25) is 12.7 Å². The maximum atomic E-state index is 13.0. The minimum absolute atomic E-state index is 0.120. The highest BCUT2D eigenvalue weighted by molar-refractivity contribution is 5.97. The van der Waals surface area contributed by atoms with E-state index in [4.69, 9.17) is 14.2 Å². The lowest BCUT2D eigenvalue weighted by atomic mass is 10.1. The maximum Gasteiger partial charge on any atom is 0.408 e. The van der Waals surface area contributed by atoms with Gasteiger partial charge in [-0.3, -0.25) is 4.79 Å². The van der Waals surface area contributed by atoms with Gasteiger partial charge < -0.3 is 24.8 Å². The molecular formula is C24H22N2O5. The lowest BCUT2D eigenvalue weighted by Gasteiger charge is -2.19. The maximum absolute atomic E-state index is 13.0. The molecule has 7 nitrogen and oxygen atoms in total. The number of carbonyl (C=O) groups excluding carboxylic acids is 2. The van der Waals surface area contributed by atoms with Crippen molar-refractivity contribution in [2.24, 2.45) is 0 Å². The van der Waals surface area contributed by atoms with Crippen LogP contribution in [0.25, 0.3) is 0 Å². The van der Waals surface area contributed by atoms with E-state index in [9.17, 15) is 9.59 Å². The lowest BCUT2D eigenvalue weighted by Crippen LogP contribution is -2.45. The topological polar surface area (TPSA) is 85.9 Å². The van der Waals surface area contributed by atoms with Gasteiger partial charge in [-0.2, -0.15) is 0 Å². The van der Waals surface area contributed by atoms with Crippen molar-refractivity contribution in [3.63, 3.8) is 0 Å². The van der Waals surface area contributed by atoms with Crippen molar-refractivity contribution < 1.29 is 23.8 Å². The van der Waals surface area contributed by atoms with Crippen LogP contribution in [0.1, 0.15) is 11.1 Å². The van der Waals surface area contributed by atoms with Gasteiger partial charge in [0.05, 0.1) is 0 Å². The Balaban J connectivity index is 1.42. The number of hydrogen-bond donors (Lipinski definition) is 2. The Hall–Kier alpha value is -4.00. The summed E-state index contributed by atoms with van der Waals surface area (Å²) in [6.07, 6.45) is -0.344. The van der Waals surface area contributed by atoms with Crippen molar-refractivity contribution in [3.05, 3.63) is 90.0 Å². The first-order valence-electron chi connectivity index (χ1n) is 9.89. The Morgan fingerprint density at radius 2 is 1.55 bits per heavy atom. The third-order valence-electron chi connectivity index (χ3n) is 4.74. The van der Waals surface area contributed by atoms with E-state index < -0.39 is 12.1 Å². The predicted octanol–water partition coefficient (Wildman–Crippen LogP) is 3.89. The summed E-state index contributed by atoms with van der Waals surface area (Å²) in [4.78, 5) is 25.4. The summed E-state index contributed by atoms with van der Waals surface area (Å²) in [7, 11) is 0.